The molecule has 2 aromatic rings. The summed E-state index contributed by atoms with van der Waals surface area (Å²) in [5, 5.41) is 4.63. The molecule has 0 aliphatic rings. The molecule has 4 heteroatoms. The number of hydrogen-bond acceptors (Lipinski definition) is 2. The summed E-state index contributed by atoms with van der Waals surface area (Å²) in [5.41, 5.74) is 6.90. The molecular formula is C12H14ClN3. The second kappa shape index (κ2) is 5.03. The number of halogens is 1. The summed E-state index contributed by atoms with van der Waals surface area (Å²) < 4.78 is 1.79. The van der Waals surface area contributed by atoms with Crippen LogP contribution in [0.3, 0.4) is 0 Å². The van der Waals surface area contributed by atoms with Gasteiger partial charge in [0.25, 0.3) is 0 Å². The number of nitrogens with zero attached hydrogens (tertiary/aromatic N) is 2. The van der Waals surface area contributed by atoms with Gasteiger partial charge in [0.1, 0.15) is 5.02 Å². The number of nitrogens with two attached hydrogens (primary N) is 1. The first-order valence-electron chi connectivity index (χ1n) is 5.28. The Morgan fingerprint density at radius 2 is 2.00 bits per heavy atom. The fraction of sp³-hybridized carbons (Fsp3) is 0.250. The van der Waals surface area contributed by atoms with Crippen molar-refractivity contribution >= 4 is 17.4 Å². The van der Waals surface area contributed by atoms with Crippen LogP contribution in [0.5, 0.6) is 0 Å². The van der Waals surface area contributed by atoms with Crippen molar-refractivity contribution in [3.05, 3.63) is 47.1 Å². The Balaban J connectivity index is 1.84. The Morgan fingerprint density at radius 1 is 1.25 bits per heavy atom. The normalized spacial score (nSPS) is 10.6. The lowest BCUT2D eigenvalue weighted by Crippen LogP contribution is -2.01. The van der Waals surface area contributed by atoms with Gasteiger partial charge in [0.05, 0.1) is 0 Å². The van der Waals surface area contributed by atoms with E-state index in [0.717, 1.165) is 19.4 Å². The van der Waals surface area contributed by atoms with E-state index in [4.69, 9.17) is 17.3 Å². The van der Waals surface area contributed by atoms with Gasteiger partial charge in [0.15, 0.2) is 5.82 Å². The van der Waals surface area contributed by atoms with Crippen LogP contribution in [0.1, 0.15) is 12.0 Å². The van der Waals surface area contributed by atoms with E-state index in [1.165, 1.54) is 5.56 Å². The van der Waals surface area contributed by atoms with Gasteiger partial charge in [0.2, 0.25) is 0 Å². The molecule has 0 atom stereocenters. The summed E-state index contributed by atoms with van der Waals surface area (Å²) >= 11 is 5.82. The molecule has 0 radical (unpaired) electrons. The molecule has 0 aliphatic carbocycles. The molecule has 0 spiro atoms. The van der Waals surface area contributed by atoms with Gasteiger partial charge in [-0.15, -0.1) is 0 Å². The van der Waals surface area contributed by atoms with Crippen LogP contribution >= 0.6 is 11.6 Å². The number of hydrogen-bond donors (Lipinski definition) is 1. The fourth-order valence-corrected chi connectivity index (χ4v) is 1.77. The van der Waals surface area contributed by atoms with Crippen LogP contribution in [0.2, 0.25) is 5.02 Å². The zero-order chi connectivity index (χ0) is 11.4. The predicted molar refractivity (Wildman–Crippen MR) is 66.4 cm³/mol. The molecule has 2 N–H and O–H groups in total. The van der Waals surface area contributed by atoms with Gasteiger partial charge in [-0.2, -0.15) is 5.10 Å². The molecular weight excluding hydrogens is 222 g/mol. The number of benzene rings is 1. The van der Waals surface area contributed by atoms with Crippen molar-refractivity contribution in [1.82, 2.24) is 9.78 Å². The summed E-state index contributed by atoms with van der Waals surface area (Å²) in [6.45, 7) is 0.839. The van der Waals surface area contributed by atoms with Crippen LogP contribution in [-0.4, -0.2) is 9.78 Å². The van der Waals surface area contributed by atoms with Crippen LogP contribution in [0.4, 0.5) is 5.82 Å². The van der Waals surface area contributed by atoms with Crippen molar-refractivity contribution in [2.45, 2.75) is 19.4 Å². The number of rotatable bonds is 4. The van der Waals surface area contributed by atoms with Crippen molar-refractivity contribution in [3.8, 4) is 0 Å². The minimum Gasteiger partial charge on any atom is -0.381 e. The number of aryl methyl sites for hydroxylation is 2. The standard InChI is InChI=1S/C12H14ClN3/c13-11-9-16(15-12(11)14)8-4-7-10-5-2-1-3-6-10/h1-3,5-6,9H,4,7-8H2,(H2,14,15). The Morgan fingerprint density at radius 3 is 2.62 bits per heavy atom. The molecule has 1 heterocycles. The van der Waals surface area contributed by atoms with E-state index in [-0.39, 0.29) is 0 Å². The Labute approximate surface area is 99.8 Å². The van der Waals surface area contributed by atoms with Crippen LogP contribution in [0.15, 0.2) is 36.5 Å². The Bertz CT molecular complexity index is 431. The zero-order valence-electron chi connectivity index (χ0n) is 8.94. The van der Waals surface area contributed by atoms with Gasteiger partial charge in [-0.1, -0.05) is 41.9 Å². The molecule has 0 amide bonds. The average molecular weight is 236 g/mol. The van der Waals surface area contributed by atoms with Crippen LogP contribution in [-0.2, 0) is 13.0 Å². The molecule has 1 aromatic carbocycles. The van der Waals surface area contributed by atoms with Crippen molar-refractivity contribution in [3.63, 3.8) is 0 Å². The third kappa shape index (κ3) is 2.76. The summed E-state index contributed by atoms with van der Waals surface area (Å²) in [7, 11) is 0. The van der Waals surface area contributed by atoms with E-state index >= 15 is 0 Å². The van der Waals surface area contributed by atoms with E-state index < -0.39 is 0 Å². The molecule has 1 aromatic heterocycles. The highest BCUT2D eigenvalue weighted by Gasteiger charge is 2.01. The molecule has 0 bridgehead atoms. The first-order chi connectivity index (χ1) is 7.75. The lowest BCUT2D eigenvalue weighted by molar-refractivity contribution is 0.581. The number of anilines is 1. The molecule has 3 nitrogen and oxygen atoms in total. The molecule has 84 valence electrons. The number of nitrogen functional groups attached to an aromatic ring is 1. The van der Waals surface area contributed by atoms with Crippen molar-refractivity contribution in [2.24, 2.45) is 0 Å². The highest BCUT2D eigenvalue weighted by Crippen LogP contribution is 2.15. The third-order valence-corrected chi connectivity index (χ3v) is 2.73. The monoisotopic (exact) mass is 235 g/mol. The van der Waals surface area contributed by atoms with Crippen molar-refractivity contribution in [2.75, 3.05) is 5.73 Å². The van der Waals surface area contributed by atoms with Gasteiger partial charge in [-0.25, -0.2) is 0 Å². The van der Waals surface area contributed by atoms with E-state index in [1.54, 1.807) is 10.9 Å². The molecule has 0 fully saturated rings. The first-order valence-corrected chi connectivity index (χ1v) is 5.66. The van der Waals surface area contributed by atoms with E-state index in [1.807, 2.05) is 6.07 Å². The van der Waals surface area contributed by atoms with Crippen LogP contribution in [0, 0.1) is 0 Å². The van der Waals surface area contributed by atoms with Gasteiger partial charge in [-0.05, 0) is 18.4 Å². The van der Waals surface area contributed by atoms with E-state index in [9.17, 15) is 0 Å². The maximum atomic E-state index is 5.82. The quantitative estimate of drug-likeness (QED) is 0.886. The largest absolute Gasteiger partial charge is 0.381 e. The van der Waals surface area contributed by atoms with Crippen molar-refractivity contribution in [1.29, 1.82) is 0 Å². The summed E-state index contributed by atoms with van der Waals surface area (Å²) in [4.78, 5) is 0. The molecule has 16 heavy (non-hydrogen) atoms. The maximum absolute atomic E-state index is 5.82. The second-order valence-electron chi connectivity index (χ2n) is 3.71. The molecule has 0 saturated carbocycles. The molecule has 2 rings (SSSR count). The molecule has 0 unspecified atom stereocenters. The fourth-order valence-electron chi connectivity index (χ4n) is 1.62. The minimum atomic E-state index is 0.404. The van der Waals surface area contributed by atoms with Crippen molar-refractivity contribution < 1.29 is 0 Å². The Kier molecular flexibility index (Phi) is 3.47. The SMILES string of the molecule is Nc1nn(CCCc2ccccc2)cc1Cl. The van der Waals surface area contributed by atoms with Crippen LogP contribution in [0.25, 0.3) is 0 Å². The maximum Gasteiger partial charge on any atom is 0.164 e. The number of aromatic nitrogens is 2. The Hall–Kier alpha value is -1.48. The predicted octanol–water partition coefficient (Wildman–Crippen LogP) is 2.75. The highest BCUT2D eigenvalue weighted by molar-refractivity contribution is 6.32. The molecule has 0 saturated heterocycles. The second-order valence-corrected chi connectivity index (χ2v) is 4.12. The summed E-state index contributed by atoms with van der Waals surface area (Å²) in [5.74, 6) is 0.404. The first kappa shape index (κ1) is 11.0. The zero-order valence-corrected chi connectivity index (χ0v) is 9.69. The van der Waals surface area contributed by atoms with Gasteiger partial charge in [-0.3, -0.25) is 4.68 Å². The lowest BCUT2D eigenvalue weighted by atomic mass is 10.1. The summed E-state index contributed by atoms with van der Waals surface area (Å²) in [6.07, 6.45) is 3.83. The highest BCUT2D eigenvalue weighted by atomic mass is 35.5. The smallest absolute Gasteiger partial charge is 0.164 e. The van der Waals surface area contributed by atoms with E-state index in [0.29, 0.717) is 10.8 Å². The third-order valence-electron chi connectivity index (χ3n) is 2.44. The van der Waals surface area contributed by atoms with Crippen LogP contribution < -0.4 is 5.73 Å². The molecule has 0 aliphatic heterocycles. The minimum absolute atomic E-state index is 0.404. The summed E-state index contributed by atoms with van der Waals surface area (Å²) in [6, 6.07) is 10.4. The van der Waals surface area contributed by atoms with Gasteiger partial charge < -0.3 is 5.73 Å². The van der Waals surface area contributed by atoms with Gasteiger partial charge in [0, 0.05) is 12.7 Å². The van der Waals surface area contributed by atoms with Gasteiger partial charge >= 0.3 is 0 Å². The average Bonchev–Trinajstić information content (AvgIpc) is 2.60. The topological polar surface area (TPSA) is 43.8 Å². The van der Waals surface area contributed by atoms with E-state index in [2.05, 4.69) is 29.4 Å². The lowest BCUT2D eigenvalue weighted by Gasteiger charge is -2.01.